The maximum absolute atomic E-state index is 4.19. The first-order valence-corrected chi connectivity index (χ1v) is 5.56. The molecule has 0 aliphatic rings. The van der Waals surface area contributed by atoms with E-state index in [1.807, 2.05) is 6.92 Å². The zero-order chi connectivity index (χ0) is 11.6. The Morgan fingerprint density at radius 1 is 1.33 bits per heavy atom. The molecule has 0 radical (unpaired) electrons. The largest absolute Gasteiger partial charge is 0.310 e. The molecular formula is C12H23N3. The zero-order valence-corrected chi connectivity index (χ0v) is 10.7. The van der Waals surface area contributed by atoms with E-state index in [0.29, 0.717) is 11.5 Å². The monoisotopic (exact) mass is 209 g/mol. The summed E-state index contributed by atoms with van der Waals surface area (Å²) in [5, 5.41) is 10.7. The van der Waals surface area contributed by atoms with Crippen LogP contribution in [0.4, 0.5) is 0 Å². The van der Waals surface area contributed by atoms with Crippen molar-refractivity contribution in [3.8, 4) is 0 Å². The van der Waals surface area contributed by atoms with Crippen LogP contribution in [0.1, 0.15) is 44.6 Å². The molecule has 0 saturated carbocycles. The molecule has 0 spiro atoms. The first-order chi connectivity index (χ1) is 6.82. The van der Waals surface area contributed by atoms with Crippen molar-refractivity contribution < 1.29 is 0 Å². The van der Waals surface area contributed by atoms with Gasteiger partial charge in [0.1, 0.15) is 0 Å². The van der Waals surface area contributed by atoms with Crippen LogP contribution in [0.25, 0.3) is 0 Å². The quantitative estimate of drug-likeness (QED) is 0.803. The summed E-state index contributed by atoms with van der Waals surface area (Å²) in [7, 11) is 0. The number of nitrogens with zero attached hydrogens (tertiary/aromatic N) is 1. The van der Waals surface area contributed by atoms with Crippen molar-refractivity contribution >= 4 is 0 Å². The van der Waals surface area contributed by atoms with E-state index in [9.17, 15) is 0 Å². The van der Waals surface area contributed by atoms with Gasteiger partial charge in [0.25, 0.3) is 0 Å². The number of hydrogen-bond acceptors (Lipinski definition) is 2. The summed E-state index contributed by atoms with van der Waals surface area (Å²) in [5.74, 6) is 0. The van der Waals surface area contributed by atoms with Crippen molar-refractivity contribution in [2.75, 3.05) is 0 Å². The summed E-state index contributed by atoms with van der Waals surface area (Å²) in [6, 6.07) is 0.492. The minimum atomic E-state index is 0.297. The lowest BCUT2D eigenvalue weighted by atomic mass is 9.88. The van der Waals surface area contributed by atoms with E-state index in [2.05, 4.69) is 50.1 Å². The van der Waals surface area contributed by atoms with Gasteiger partial charge in [-0.3, -0.25) is 5.10 Å². The minimum Gasteiger partial charge on any atom is -0.310 e. The number of rotatable bonds is 3. The van der Waals surface area contributed by atoms with E-state index in [0.717, 1.165) is 12.2 Å². The molecule has 1 heterocycles. The lowest BCUT2D eigenvalue weighted by Gasteiger charge is -2.28. The Morgan fingerprint density at radius 2 is 1.93 bits per heavy atom. The van der Waals surface area contributed by atoms with Crippen LogP contribution in [-0.4, -0.2) is 16.2 Å². The number of H-pyrrole nitrogens is 1. The molecule has 0 fully saturated rings. The first-order valence-electron chi connectivity index (χ1n) is 5.56. The van der Waals surface area contributed by atoms with Gasteiger partial charge in [-0.15, -0.1) is 0 Å². The number of aromatic nitrogens is 2. The Morgan fingerprint density at radius 3 is 2.33 bits per heavy atom. The second kappa shape index (κ2) is 4.35. The van der Waals surface area contributed by atoms with Crippen molar-refractivity contribution in [2.45, 2.75) is 54.1 Å². The van der Waals surface area contributed by atoms with Crippen LogP contribution in [0.2, 0.25) is 0 Å². The van der Waals surface area contributed by atoms with Gasteiger partial charge in [0.2, 0.25) is 0 Å². The van der Waals surface area contributed by atoms with Crippen LogP contribution in [0, 0.1) is 19.3 Å². The third-order valence-corrected chi connectivity index (χ3v) is 3.16. The zero-order valence-electron chi connectivity index (χ0n) is 10.7. The molecule has 15 heavy (non-hydrogen) atoms. The number of aromatic amines is 1. The van der Waals surface area contributed by atoms with Gasteiger partial charge in [0.05, 0.1) is 5.69 Å². The highest BCUT2D eigenvalue weighted by atomic mass is 15.1. The summed E-state index contributed by atoms with van der Waals surface area (Å²) in [6.45, 7) is 14.0. The smallest absolute Gasteiger partial charge is 0.0638 e. The molecule has 1 atom stereocenters. The van der Waals surface area contributed by atoms with E-state index < -0.39 is 0 Å². The second-order valence-electron chi connectivity index (χ2n) is 5.38. The van der Waals surface area contributed by atoms with E-state index >= 15 is 0 Å². The lowest BCUT2D eigenvalue weighted by Crippen LogP contribution is -2.37. The van der Waals surface area contributed by atoms with Crippen LogP contribution in [0.15, 0.2) is 0 Å². The van der Waals surface area contributed by atoms with Gasteiger partial charge in [-0.1, -0.05) is 20.8 Å². The van der Waals surface area contributed by atoms with Crippen molar-refractivity contribution in [3.05, 3.63) is 17.0 Å². The fourth-order valence-corrected chi connectivity index (χ4v) is 1.40. The van der Waals surface area contributed by atoms with Gasteiger partial charge in [0.15, 0.2) is 0 Å². The Labute approximate surface area is 92.7 Å². The molecule has 0 bridgehead atoms. The third-order valence-electron chi connectivity index (χ3n) is 3.16. The standard InChI is InChI=1S/C12H23N3/c1-8-11(9(2)15-14-8)7-13-10(3)12(4,5)6/h10,13H,7H2,1-6H3,(H,14,15). The molecule has 0 amide bonds. The molecule has 1 unspecified atom stereocenters. The Bertz CT molecular complexity index is 301. The van der Waals surface area contributed by atoms with Crippen molar-refractivity contribution in [2.24, 2.45) is 5.41 Å². The first kappa shape index (κ1) is 12.2. The van der Waals surface area contributed by atoms with Gasteiger partial charge >= 0.3 is 0 Å². The molecule has 0 saturated heterocycles. The molecule has 1 aromatic rings. The maximum atomic E-state index is 4.19. The van der Waals surface area contributed by atoms with E-state index in [-0.39, 0.29) is 0 Å². The summed E-state index contributed by atoms with van der Waals surface area (Å²) >= 11 is 0. The molecule has 0 aliphatic carbocycles. The molecule has 3 nitrogen and oxygen atoms in total. The average Bonchev–Trinajstić information content (AvgIpc) is 2.41. The molecule has 1 aromatic heterocycles. The van der Waals surface area contributed by atoms with Crippen molar-refractivity contribution in [3.63, 3.8) is 0 Å². The highest BCUT2D eigenvalue weighted by Crippen LogP contribution is 2.19. The van der Waals surface area contributed by atoms with E-state index in [4.69, 9.17) is 0 Å². The van der Waals surface area contributed by atoms with Gasteiger partial charge in [-0.25, -0.2) is 0 Å². The van der Waals surface area contributed by atoms with Crippen LogP contribution < -0.4 is 5.32 Å². The summed E-state index contributed by atoms with van der Waals surface area (Å²) in [4.78, 5) is 0. The highest BCUT2D eigenvalue weighted by Gasteiger charge is 2.19. The van der Waals surface area contributed by atoms with Crippen molar-refractivity contribution in [1.29, 1.82) is 0 Å². The van der Waals surface area contributed by atoms with E-state index in [1.165, 1.54) is 11.3 Å². The highest BCUT2D eigenvalue weighted by molar-refractivity contribution is 5.22. The summed E-state index contributed by atoms with van der Waals surface area (Å²) < 4.78 is 0. The van der Waals surface area contributed by atoms with Crippen LogP contribution in [0.5, 0.6) is 0 Å². The minimum absolute atomic E-state index is 0.297. The molecule has 0 aliphatic heterocycles. The van der Waals surface area contributed by atoms with Crippen LogP contribution in [-0.2, 0) is 6.54 Å². The predicted molar refractivity (Wildman–Crippen MR) is 63.8 cm³/mol. The number of hydrogen-bond donors (Lipinski definition) is 2. The predicted octanol–water partition coefficient (Wildman–Crippen LogP) is 2.55. The molecule has 2 N–H and O–H groups in total. The lowest BCUT2D eigenvalue weighted by molar-refractivity contribution is 0.285. The fourth-order valence-electron chi connectivity index (χ4n) is 1.40. The number of aryl methyl sites for hydroxylation is 2. The maximum Gasteiger partial charge on any atom is 0.0638 e. The molecule has 0 aromatic carbocycles. The summed E-state index contributed by atoms with van der Waals surface area (Å²) in [5.41, 5.74) is 3.86. The van der Waals surface area contributed by atoms with Gasteiger partial charge in [0, 0.05) is 23.8 Å². The fraction of sp³-hybridized carbons (Fsp3) is 0.750. The Balaban J connectivity index is 2.58. The van der Waals surface area contributed by atoms with Gasteiger partial charge < -0.3 is 5.32 Å². The molecule has 3 heteroatoms. The van der Waals surface area contributed by atoms with E-state index in [1.54, 1.807) is 0 Å². The summed E-state index contributed by atoms with van der Waals surface area (Å²) in [6.07, 6.45) is 0. The normalized spacial score (nSPS) is 14.3. The third kappa shape index (κ3) is 3.06. The second-order valence-corrected chi connectivity index (χ2v) is 5.38. The SMILES string of the molecule is Cc1n[nH]c(C)c1CNC(C)C(C)(C)C. The number of nitrogens with one attached hydrogen (secondary N) is 2. The molecule has 1 rings (SSSR count). The van der Waals surface area contributed by atoms with Gasteiger partial charge in [-0.2, -0.15) is 5.10 Å². The van der Waals surface area contributed by atoms with Crippen LogP contribution >= 0.6 is 0 Å². The van der Waals surface area contributed by atoms with Crippen LogP contribution in [0.3, 0.4) is 0 Å². The van der Waals surface area contributed by atoms with Gasteiger partial charge in [-0.05, 0) is 26.2 Å². The average molecular weight is 209 g/mol. The van der Waals surface area contributed by atoms with Crippen molar-refractivity contribution in [1.82, 2.24) is 15.5 Å². The molecule has 86 valence electrons. The Kier molecular flexibility index (Phi) is 3.55. The Hall–Kier alpha value is -0.830. The topological polar surface area (TPSA) is 40.7 Å². The molecular weight excluding hydrogens is 186 g/mol.